The van der Waals surface area contributed by atoms with Crippen molar-refractivity contribution in [1.29, 1.82) is 0 Å². The first-order valence-corrected chi connectivity index (χ1v) is 11.0. The molecule has 1 aliphatic heterocycles. The second-order valence-electron chi connectivity index (χ2n) is 7.96. The van der Waals surface area contributed by atoms with E-state index in [0.717, 1.165) is 48.8 Å². The van der Waals surface area contributed by atoms with Crippen molar-refractivity contribution in [3.05, 3.63) is 41.6 Å². The molecule has 1 aliphatic rings. The molecule has 2 N–H and O–H groups in total. The lowest BCUT2D eigenvalue weighted by Crippen LogP contribution is -2.37. The number of nitrogens with two attached hydrogens (primary N) is 1. The van der Waals surface area contributed by atoms with Crippen LogP contribution < -0.4 is 5.84 Å². The van der Waals surface area contributed by atoms with Gasteiger partial charge in [-0.3, -0.25) is 14.4 Å². The summed E-state index contributed by atoms with van der Waals surface area (Å²) in [5.74, 6) is 6.24. The van der Waals surface area contributed by atoms with E-state index < -0.39 is 0 Å². The number of benzene rings is 1. The van der Waals surface area contributed by atoms with Gasteiger partial charge < -0.3 is 10.6 Å². The Morgan fingerprint density at radius 1 is 1.24 bits per heavy atom. The van der Waals surface area contributed by atoms with E-state index >= 15 is 0 Å². The van der Waals surface area contributed by atoms with Gasteiger partial charge in [-0.25, -0.2) is 0 Å². The van der Waals surface area contributed by atoms with E-state index in [2.05, 4.69) is 31.7 Å². The largest absolute Gasteiger partial charge is 0.373 e. The quantitative estimate of drug-likeness (QED) is 0.361. The molecule has 1 aromatic heterocycles. The Kier molecular flexibility index (Phi) is 7.51. The van der Waals surface area contributed by atoms with Gasteiger partial charge in [0.25, 0.3) is 0 Å². The van der Waals surface area contributed by atoms with E-state index in [4.69, 9.17) is 10.6 Å². The molecule has 29 heavy (non-hydrogen) atoms. The second kappa shape index (κ2) is 10.1. The van der Waals surface area contributed by atoms with Crippen molar-refractivity contribution in [2.75, 3.05) is 32.1 Å². The summed E-state index contributed by atoms with van der Waals surface area (Å²) in [5.41, 5.74) is 4.11. The summed E-state index contributed by atoms with van der Waals surface area (Å²) in [4.78, 5) is 15.1. The average Bonchev–Trinajstić information content (AvgIpc) is 3.08. The van der Waals surface area contributed by atoms with Crippen LogP contribution in [-0.2, 0) is 4.74 Å². The van der Waals surface area contributed by atoms with Gasteiger partial charge in [0.05, 0.1) is 5.52 Å². The summed E-state index contributed by atoms with van der Waals surface area (Å²) in [6, 6.07) is 6.43. The zero-order valence-corrected chi connectivity index (χ0v) is 18.1. The van der Waals surface area contributed by atoms with Gasteiger partial charge in [0, 0.05) is 48.4 Å². The van der Waals surface area contributed by atoms with Gasteiger partial charge in [-0.1, -0.05) is 33.3 Å². The molecule has 3 rings (SSSR count). The van der Waals surface area contributed by atoms with E-state index in [-0.39, 0.29) is 12.4 Å². The molecule has 0 atom stereocenters. The molecular formula is C24H35N3O2. The molecule has 0 spiro atoms. The van der Waals surface area contributed by atoms with Crippen molar-refractivity contribution in [3.8, 4) is 0 Å². The van der Waals surface area contributed by atoms with Crippen LogP contribution >= 0.6 is 0 Å². The van der Waals surface area contributed by atoms with Crippen LogP contribution in [-0.4, -0.2) is 47.7 Å². The van der Waals surface area contributed by atoms with Crippen LogP contribution in [0.5, 0.6) is 0 Å². The molecule has 5 nitrogen and oxygen atoms in total. The Balaban J connectivity index is 1.81. The minimum Gasteiger partial charge on any atom is -0.373 e. The first-order chi connectivity index (χ1) is 14.1. The molecule has 2 aromatic rings. The SMILES string of the molecule is CCCCOCC(=O)c1ccc2c(c1)c(C1=CCN(C(CC)CC)CC1)cn2N. The lowest BCUT2D eigenvalue weighted by molar-refractivity contribution is 0.0755. The van der Waals surface area contributed by atoms with Crippen molar-refractivity contribution in [2.45, 2.75) is 58.9 Å². The van der Waals surface area contributed by atoms with Crippen LogP contribution in [0.25, 0.3) is 16.5 Å². The molecule has 0 amide bonds. The number of hydrogen-bond acceptors (Lipinski definition) is 4. The molecule has 5 heteroatoms. The minimum absolute atomic E-state index is 0.0243. The maximum atomic E-state index is 12.5. The summed E-state index contributed by atoms with van der Waals surface area (Å²) in [5, 5.41) is 1.05. The number of carbonyl (C=O) groups excluding carboxylic acids is 1. The van der Waals surface area contributed by atoms with E-state index in [1.54, 1.807) is 4.68 Å². The predicted molar refractivity (Wildman–Crippen MR) is 121 cm³/mol. The lowest BCUT2D eigenvalue weighted by Gasteiger charge is -2.33. The average molecular weight is 398 g/mol. The Morgan fingerprint density at radius 3 is 2.69 bits per heavy atom. The summed E-state index contributed by atoms with van der Waals surface area (Å²) in [6.45, 7) is 9.45. The highest BCUT2D eigenvalue weighted by Gasteiger charge is 2.21. The van der Waals surface area contributed by atoms with Crippen LogP contribution in [0.3, 0.4) is 0 Å². The van der Waals surface area contributed by atoms with Crippen LogP contribution in [0.1, 0.15) is 68.8 Å². The number of aromatic nitrogens is 1. The maximum absolute atomic E-state index is 12.5. The van der Waals surface area contributed by atoms with Crippen molar-refractivity contribution < 1.29 is 9.53 Å². The molecule has 158 valence electrons. The number of nitrogens with zero attached hydrogens (tertiary/aromatic N) is 2. The number of carbonyl (C=O) groups is 1. The molecule has 0 saturated carbocycles. The Labute approximate surface area is 174 Å². The van der Waals surface area contributed by atoms with Crippen LogP contribution in [0, 0.1) is 0 Å². The highest BCUT2D eigenvalue weighted by atomic mass is 16.5. The van der Waals surface area contributed by atoms with Crippen LogP contribution in [0.15, 0.2) is 30.5 Å². The molecule has 0 bridgehead atoms. The number of rotatable bonds is 10. The number of Topliss-reactive ketones (excluding diaryl/α,β-unsaturated/α-hetero) is 1. The topological polar surface area (TPSA) is 60.5 Å². The number of ether oxygens (including phenoxy) is 1. The summed E-state index contributed by atoms with van der Waals surface area (Å²) in [6.07, 6.45) is 9.76. The standard InChI is InChI=1S/C24H35N3O2/c1-4-7-14-29-17-24(28)19-8-9-23-21(15-19)22(16-27(23)25)18-10-12-26(13-11-18)20(5-2)6-3/h8-10,15-16,20H,4-7,11-14,17,25H2,1-3H3. The summed E-state index contributed by atoms with van der Waals surface area (Å²) in [7, 11) is 0. The third kappa shape index (κ3) is 4.90. The summed E-state index contributed by atoms with van der Waals surface area (Å²) < 4.78 is 7.18. The van der Waals surface area contributed by atoms with Crippen LogP contribution in [0.4, 0.5) is 0 Å². The first-order valence-electron chi connectivity index (χ1n) is 11.0. The Hall–Kier alpha value is -2.11. The monoisotopic (exact) mass is 397 g/mol. The van der Waals surface area contributed by atoms with Gasteiger partial charge >= 0.3 is 0 Å². The predicted octanol–water partition coefficient (Wildman–Crippen LogP) is 4.63. The zero-order chi connectivity index (χ0) is 20.8. The van der Waals surface area contributed by atoms with Gasteiger partial charge in [0.15, 0.2) is 5.78 Å². The Bertz CT molecular complexity index is 864. The second-order valence-corrected chi connectivity index (χ2v) is 7.96. The van der Waals surface area contributed by atoms with Crippen molar-refractivity contribution >= 4 is 22.3 Å². The van der Waals surface area contributed by atoms with Crippen molar-refractivity contribution in [3.63, 3.8) is 0 Å². The molecule has 2 heterocycles. The van der Waals surface area contributed by atoms with E-state index in [1.165, 1.54) is 18.4 Å². The fraction of sp³-hybridized carbons (Fsp3) is 0.542. The van der Waals surface area contributed by atoms with Crippen LogP contribution in [0.2, 0.25) is 0 Å². The van der Waals surface area contributed by atoms with Crippen molar-refractivity contribution in [2.24, 2.45) is 0 Å². The molecular weight excluding hydrogens is 362 g/mol. The van der Waals surface area contributed by atoms with Gasteiger partial charge in [-0.15, -0.1) is 0 Å². The summed E-state index contributed by atoms with van der Waals surface area (Å²) >= 11 is 0. The maximum Gasteiger partial charge on any atom is 0.188 e. The van der Waals surface area contributed by atoms with Gasteiger partial charge in [-0.05, 0) is 49.5 Å². The lowest BCUT2D eigenvalue weighted by atomic mass is 9.96. The minimum atomic E-state index is 0.0243. The molecule has 1 aromatic carbocycles. The molecule has 0 aliphatic carbocycles. The Morgan fingerprint density at radius 2 is 2.03 bits per heavy atom. The third-order valence-corrected chi connectivity index (χ3v) is 6.08. The number of hydrogen-bond donors (Lipinski definition) is 1. The number of ketones is 1. The first kappa shape index (κ1) is 21.6. The normalized spacial score (nSPS) is 15.2. The molecule has 0 saturated heterocycles. The number of unbranched alkanes of at least 4 members (excludes halogenated alkanes) is 1. The highest BCUT2D eigenvalue weighted by molar-refractivity contribution is 6.03. The fourth-order valence-electron chi connectivity index (χ4n) is 4.25. The van der Waals surface area contributed by atoms with Crippen molar-refractivity contribution in [1.82, 2.24) is 9.58 Å². The van der Waals surface area contributed by atoms with E-state index in [9.17, 15) is 4.79 Å². The number of nitrogen functional groups attached to an aromatic ring is 1. The smallest absolute Gasteiger partial charge is 0.188 e. The molecule has 0 radical (unpaired) electrons. The third-order valence-electron chi connectivity index (χ3n) is 6.08. The fourth-order valence-corrected chi connectivity index (χ4v) is 4.25. The zero-order valence-electron chi connectivity index (χ0n) is 18.1. The van der Waals surface area contributed by atoms with Gasteiger partial charge in [-0.2, -0.15) is 0 Å². The van der Waals surface area contributed by atoms with Gasteiger partial charge in [0.1, 0.15) is 6.61 Å². The molecule has 0 fully saturated rings. The van der Waals surface area contributed by atoms with E-state index in [1.807, 2.05) is 24.4 Å². The molecule has 0 unspecified atom stereocenters. The van der Waals surface area contributed by atoms with E-state index in [0.29, 0.717) is 18.2 Å². The van der Waals surface area contributed by atoms with Gasteiger partial charge in [0.2, 0.25) is 0 Å². The highest BCUT2D eigenvalue weighted by Crippen LogP contribution is 2.31. The number of fused-ring (bicyclic) bond motifs is 1.